The van der Waals surface area contributed by atoms with Crippen molar-refractivity contribution in [1.82, 2.24) is 4.98 Å². The van der Waals surface area contributed by atoms with Gasteiger partial charge in [-0.05, 0) is 55.8 Å². The Kier molecular flexibility index (Phi) is 5.24. The quantitative estimate of drug-likeness (QED) is 0.673. The van der Waals surface area contributed by atoms with Crippen LogP contribution in [-0.4, -0.2) is 19.3 Å². The van der Waals surface area contributed by atoms with E-state index >= 15 is 0 Å². The van der Waals surface area contributed by atoms with Gasteiger partial charge in [-0.2, -0.15) is 0 Å². The Morgan fingerprint density at radius 1 is 1.11 bits per heavy atom. The molecule has 0 aliphatic carbocycles. The number of hydrogen-bond acceptors (Lipinski definition) is 5. The summed E-state index contributed by atoms with van der Waals surface area (Å²) in [5, 5.41) is 3.11. The molecule has 0 saturated heterocycles. The van der Waals surface area contributed by atoms with Crippen molar-refractivity contribution in [3.8, 4) is 0 Å². The minimum Gasteiger partial charge on any atom is -0.298 e. The number of benzene rings is 2. The first-order valence-electron chi connectivity index (χ1n) is 7.87. The average molecular weight is 405 g/mol. The Morgan fingerprint density at radius 3 is 2.44 bits per heavy atom. The molecule has 1 heterocycles. The lowest BCUT2D eigenvalue weighted by atomic mass is 10.1. The number of nitrogens with zero attached hydrogens (tertiary/aromatic N) is 1. The Labute approximate surface area is 160 Å². The minimum atomic E-state index is -3.93. The summed E-state index contributed by atoms with van der Waals surface area (Å²) < 4.78 is 40.5. The molecule has 27 heavy (non-hydrogen) atoms. The number of sulfonamides is 1. The van der Waals surface area contributed by atoms with Crippen LogP contribution in [0.1, 0.15) is 20.8 Å². The monoisotopic (exact) mass is 405 g/mol. The molecule has 0 atom stereocenters. The predicted octanol–water partition coefficient (Wildman–Crippen LogP) is 3.95. The smallest absolute Gasteiger partial charge is 0.261 e. The van der Waals surface area contributed by atoms with E-state index in [1.807, 2.05) is 6.92 Å². The summed E-state index contributed by atoms with van der Waals surface area (Å²) in [5.41, 5.74) is 1.08. The van der Waals surface area contributed by atoms with E-state index in [1.54, 1.807) is 19.2 Å². The van der Waals surface area contributed by atoms with Crippen LogP contribution in [0.2, 0.25) is 0 Å². The van der Waals surface area contributed by atoms with E-state index in [0.717, 1.165) is 17.0 Å². The largest absolute Gasteiger partial charge is 0.298 e. The van der Waals surface area contributed by atoms with Crippen molar-refractivity contribution in [2.24, 2.45) is 0 Å². The zero-order valence-corrected chi connectivity index (χ0v) is 16.1. The fraction of sp³-hybridized carbons (Fsp3) is 0.111. The van der Waals surface area contributed by atoms with Gasteiger partial charge < -0.3 is 0 Å². The van der Waals surface area contributed by atoms with Crippen LogP contribution in [0.3, 0.4) is 0 Å². The van der Waals surface area contributed by atoms with Gasteiger partial charge in [0.1, 0.15) is 5.82 Å². The highest BCUT2D eigenvalue weighted by atomic mass is 32.2. The Balaban J connectivity index is 1.87. The summed E-state index contributed by atoms with van der Waals surface area (Å²) in [7, 11) is -3.93. The molecule has 1 aromatic heterocycles. The van der Waals surface area contributed by atoms with Gasteiger partial charge in [-0.25, -0.2) is 17.8 Å². The van der Waals surface area contributed by atoms with Gasteiger partial charge in [0.25, 0.3) is 15.9 Å². The second-order valence-corrected chi connectivity index (χ2v) is 8.74. The van der Waals surface area contributed by atoms with Crippen LogP contribution in [-0.2, 0) is 10.0 Å². The molecular formula is C18H16FN3O3S2. The molecule has 140 valence electrons. The van der Waals surface area contributed by atoms with Crippen LogP contribution >= 0.6 is 11.3 Å². The normalized spacial score (nSPS) is 11.2. The highest BCUT2D eigenvalue weighted by Gasteiger charge is 2.19. The van der Waals surface area contributed by atoms with Gasteiger partial charge in [-0.1, -0.05) is 6.07 Å². The molecule has 0 radical (unpaired) electrons. The first-order valence-corrected chi connectivity index (χ1v) is 10.2. The van der Waals surface area contributed by atoms with Crippen molar-refractivity contribution in [3.05, 3.63) is 70.5 Å². The number of anilines is 2. The number of halogens is 1. The number of carbonyl (C=O) groups excluding carboxylic acids is 1. The summed E-state index contributed by atoms with van der Waals surface area (Å²) in [6, 6.07) is 9.21. The Bertz CT molecular complexity index is 1090. The fourth-order valence-corrected chi connectivity index (χ4v) is 4.07. The highest BCUT2D eigenvalue weighted by molar-refractivity contribution is 7.92. The third-order valence-electron chi connectivity index (χ3n) is 3.70. The zero-order valence-electron chi connectivity index (χ0n) is 14.5. The standard InChI is InChI=1S/C18H16FN3O3S2/c1-11-3-8-15(27(24,25)22-14-6-4-13(19)5-7-14)9-16(11)17(23)21-18-20-10-12(2)26-18/h3-10,22H,1-2H3,(H,20,21,23). The summed E-state index contributed by atoms with van der Waals surface area (Å²) >= 11 is 1.32. The van der Waals surface area contributed by atoms with Crippen molar-refractivity contribution in [1.29, 1.82) is 0 Å². The van der Waals surface area contributed by atoms with E-state index in [1.165, 1.54) is 35.6 Å². The van der Waals surface area contributed by atoms with Crippen LogP contribution < -0.4 is 10.0 Å². The van der Waals surface area contributed by atoms with E-state index in [4.69, 9.17) is 0 Å². The summed E-state index contributed by atoms with van der Waals surface area (Å²) in [4.78, 5) is 17.5. The average Bonchev–Trinajstić information content (AvgIpc) is 3.01. The number of nitrogens with one attached hydrogen (secondary N) is 2. The van der Waals surface area contributed by atoms with Crippen LogP contribution in [0.25, 0.3) is 0 Å². The molecular weight excluding hydrogens is 389 g/mol. The Morgan fingerprint density at radius 2 is 1.81 bits per heavy atom. The second-order valence-electron chi connectivity index (χ2n) is 5.82. The SMILES string of the molecule is Cc1cnc(NC(=O)c2cc(S(=O)(=O)Nc3ccc(F)cc3)ccc2C)s1. The van der Waals surface area contributed by atoms with Crippen LogP contribution in [0.15, 0.2) is 53.6 Å². The number of thiazole rings is 1. The number of rotatable bonds is 5. The summed E-state index contributed by atoms with van der Waals surface area (Å²) in [5.74, 6) is -0.912. The molecule has 0 aliphatic heterocycles. The zero-order chi connectivity index (χ0) is 19.6. The first-order chi connectivity index (χ1) is 12.7. The lowest BCUT2D eigenvalue weighted by molar-refractivity contribution is 0.102. The Hall–Kier alpha value is -2.78. The van der Waals surface area contributed by atoms with Crippen LogP contribution in [0.5, 0.6) is 0 Å². The molecule has 0 spiro atoms. The van der Waals surface area contributed by atoms with E-state index < -0.39 is 21.7 Å². The van der Waals surface area contributed by atoms with Crippen molar-refractivity contribution in [3.63, 3.8) is 0 Å². The van der Waals surface area contributed by atoms with Gasteiger partial charge in [0.05, 0.1) is 4.90 Å². The molecule has 6 nitrogen and oxygen atoms in total. The maximum atomic E-state index is 13.0. The third kappa shape index (κ3) is 4.50. The van der Waals surface area contributed by atoms with Crippen molar-refractivity contribution in [2.45, 2.75) is 18.7 Å². The van der Waals surface area contributed by atoms with Gasteiger partial charge in [-0.15, -0.1) is 11.3 Å². The molecule has 0 aliphatic rings. The summed E-state index contributed by atoms with van der Waals surface area (Å²) in [6.45, 7) is 3.58. The van der Waals surface area contributed by atoms with Gasteiger partial charge in [0, 0.05) is 22.3 Å². The highest BCUT2D eigenvalue weighted by Crippen LogP contribution is 2.22. The number of carbonyl (C=O) groups is 1. The van der Waals surface area contributed by atoms with Gasteiger partial charge in [0.2, 0.25) is 0 Å². The maximum absolute atomic E-state index is 13.0. The van der Waals surface area contributed by atoms with E-state index in [-0.39, 0.29) is 16.1 Å². The maximum Gasteiger partial charge on any atom is 0.261 e. The van der Waals surface area contributed by atoms with Crippen LogP contribution in [0.4, 0.5) is 15.2 Å². The second kappa shape index (κ2) is 7.45. The molecule has 0 fully saturated rings. The van der Waals surface area contributed by atoms with Crippen molar-refractivity contribution < 1.29 is 17.6 Å². The molecule has 1 amide bonds. The fourth-order valence-electron chi connectivity index (χ4n) is 2.32. The van der Waals surface area contributed by atoms with Crippen molar-refractivity contribution in [2.75, 3.05) is 10.0 Å². The first kappa shape index (κ1) is 19.0. The van der Waals surface area contributed by atoms with E-state index in [2.05, 4.69) is 15.0 Å². The molecule has 2 aromatic carbocycles. The molecule has 0 saturated carbocycles. The van der Waals surface area contributed by atoms with Crippen molar-refractivity contribution >= 4 is 38.1 Å². The van der Waals surface area contributed by atoms with Gasteiger partial charge in [-0.3, -0.25) is 14.8 Å². The number of hydrogen-bond donors (Lipinski definition) is 2. The molecule has 3 aromatic rings. The van der Waals surface area contributed by atoms with Gasteiger partial charge >= 0.3 is 0 Å². The van der Waals surface area contributed by atoms with E-state index in [0.29, 0.717) is 10.7 Å². The van der Waals surface area contributed by atoms with Gasteiger partial charge in [0.15, 0.2) is 5.13 Å². The topological polar surface area (TPSA) is 88.2 Å². The number of amides is 1. The summed E-state index contributed by atoms with van der Waals surface area (Å²) in [6.07, 6.45) is 1.64. The molecule has 3 rings (SSSR count). The van der Waals surface area contributed by atoms with E-state index in [9.17, 15) is 17.6 Å². The lowest BCUT2D eigenvalue weighted by Gasteiger charge is -2.11. The lowest BCUT2D eigenvalue weighted by Crippen LogP contribution is -2.17. The molecule has 0 bridgehead atoms. The molecule has 9 heteroatoms. The third-order valence-corrected chi connectivity index (χ3v) is 5.91. The minimum absolute atomic E-state index is 0.0714. The number of aromatic nitrogens is 1. The van der Waals surface area contributed by atoms with Crippen LogP contribution in [0, 0.1) is 19.7 Å². The predicted molar refractivity (Wildman–Crippen MR) is 103 cm³/mol. The molecule has 0 unspecified atom stereocenters. The number of aryl methyl sites for hydroxylation is 2. The molecule has 2 N–H and O–H groups in total.